The van der Waals surface area contributed by atoms with Crippen LogP contribution in [-0.2, 0) is 6.54 Å². The van der Waals surface area contributed by atoms with Gasteiger partial charge in [-0.1, -0.05) is 0 Å². The summed E-state index contributed by atoms with van der Waals surface area (Å²) in [5, 5.41) is 13.3. The molecule has 10 heavy (non-hydrogen) atoms. The molecule has 1 aromatic rings. The molecule has 0 radical (unpaired) electrons. The van der Waals surface area contributed by atoms with E-state index in [1.165, 1.54) is 6.33 Å². The van der Waals surface area contributed by atoms with E-state index < -0.39 is 6.10 Å². The Morgan fingerprint density at radius 1 is 1.70 bits per heavy atom. The third-order valence-corrected chi connectivity index (χ3v) is 1.79. The average Bonchev–Trinajstić information content (AvgIpc) is 2.36. The van der Waals surface area contributed by atoms with Gasteiger partial charge in [0.1, 0.15) is 12.4 Å². The summed E-state index contributed by atoms with van der Waals surface area (Å²) in [5.41, 5.74) is 0. The first kappa shape index (κ1) is 5.85. The number of aromatic nitrogens is 3. The first-order valence-corrected chi connectivity index (χ1v) is 3.43. The molecule has 1 unspecified atom stereocenters. The number of aliphatic hydroxyl groups excluding tert-OH is 1. The van der Waals surface area contributed by atoms with E-state index in [-0.39, 0.29) is 0 Å². The van der Waals surface area contributed by atoms with Crippen LogP contribution in [0.5, 0.6) is 0 Å². The molecule has 0 fully saturated rings. The smallest absolute Gasteiger partial charge is 0.155 e. The predicted molar refractivity (Wildman–Crippen MR) is 34.2 cm³/mol. The van der Waals surface area contributed by atoms with Crippen molar-refractivity contribution in [3.63, 3.8) is 0 Å². The maximum Gasteiger partial charge on any atom is 0.155 e. The lowest BCUT2D eigenvalue weighted by molar-refractivity contribution is 0.130. The molecule has 0 saturated heterocycles. The van der Waals surface area contributed by atoms with Gasteiger partial charge < -0.3 is 5.11 Å². The van der Waals surface area contributed by atoms with Gasteiger partial charge in [0, 0.05) is 6.54 Å². The quantitative estimate of drug-likeness (QED) is 0.554. The van der Waals surface area contributed by atoms with Gasteiger partial charge in [-0.2, -0.15) is 5.10 Å². The number of hydrogen-bond acceptors (Lipinski definition) is 3. The highest BCUT2D eigenvalue weighted by atomic mass is 16.3. The van der Waals surface area contributed by atoms with Crippen molar-refractivity contribution in [2.24, 2.45) is 0 Å². The van der Waals surface area contributed by atoms with E-state index in [0.29, 0.717) is 5.82 Å². The fraction of sp³-hybridized carbons (Fsp3) is 0.667. The highest BCUT2D eigenvalue weighted by Crippen LogP contribution is 2.20. The summed E-state index contributed by atoms with van der Waals surface area (Å²) >= 11 is 0. The Labute approximate surface area is 58.5 Å². The van der Waals surface area contributed by atoms with Crippen LogP contribution in [0, 0.1) is 0 Å². The Morgan fingerprint density at radius 2 is 2.60 bits per heavy atom. The van der Waals surface area contributed by atoms with Gasteiger partial charge in [0.25, 0.3) is 0 Å². The third kappa shape index (κ3) is 0.724. The molecule has 1 aromatic heterocycles. The Balaban J connectivity index is 2.41. The van der Waals surface area contributed by atoms with Crippen LogP contribution in [0.2, 0.25) is 0 Å². The van der Waals surface area contributed by atoms with Gasteiger partial charge in [-0.3, -0.25) is 0 Å². The molecule has 1 N–H and O–H groups in total. The van der Waals surface area contributed by atoms with Gasteiger partial charge in [0.15, 0.2) is 5.82 Å². The predicted octanol–water partition coefficient (Wildman–Crippen LogP) is 0.105. The fourth-order valence-electron chi connectivity index (χ4n) is 1.27. The summed E-state index contributed by atoms with van der Waals surface area (Å²) in [6, 6.07) is 0. The second-order valence-electron chi connectivity index (χ2n) is 2.50. The molecule has 0 bridgehead atoms. The van der Waals surface area contributed by atoms with E-state index >= 15 is 0 Å². The maximum absolute atomic E-state index is 9.33. The summed E-state index contributed by atoms with van der Waals surface area (Å²) in [5.74, 6) is 0.714. The zero-order chi connectivity index (χ0) is 6.97. The highest BCUT2D eigenvalue weighted by molar-refractivity contribution is 4.92. The number of fused-ring (bicyclic) bond motifs is 1. The van der Waals surface area contributed by atoms with Crippen molar-refractivity contribution in [1.29, 1.82) is 0 Å². The first-order chi connectivity index (χ1) is 4.88. The summed E-state index contributed by atoms with van der Waals surface area (Å²) in [4.78, 5) is 3.94. The van der Waals surface area contributed by atoms with E-state index in [1.807, 2.05) is 0 Å². The summed E-state index contributed by atoms with van der Waals surface area (Å²) in [6.07, 6.45) is 2.91. The molecule has 0 aliphatic carbocycles. The maximum atomic E-state index is 9.33. The van der Waals surface area contributed by atoms with Gasteiger partial charge in [-0.15, -0.1) is 0 Å². The monoisotopic (exact) mass is 139 g/mol. The number of rotatable bonds is 0. The Bertz CT molecular complexity index is 233. The number of aliphatic hydroxyl groups is 1. The molecule has 4 nitrogen and oxygen atoms in total. The number of aryl methyl sites for hydroxylation is 1. The van der Waals surface area contributed by atoms with Crippen molar-refractivity contribution in [3.8, 4) is 0 Å². The molecule has 0 saturated carbocycles. The van der Waals surface area contributed by atoms with Gasteiger partial charge in [0.05, 0.1) is 0 Å². The molecule has 4 heteroatoms. The molecule has 1 aliphatic rings. The van der Waals surface area contributed by atoms with Crippen molar-refractivity contribution < 1.29 is 5.11 Å². The second kappa shape index (κ2) is 2.05. The van der Waals surface area contributed by atoms with Crippen molar-refractivity contribution in [3.05, 3.63) is 12.2 Å². The minimum atomic E-state index is -0.392. The van der Waals surface area contributed by atoms with E-state index in [4.69, 9.17) is 0 Å². The van der Waals surface area contributed by atoms with E-state index in [9.17, 15) is 5.11 Å². The van der Waals surface area contributed by atoms with Crippen molar-refractivity contribution >= 4 is 0 Å². The van der Waals surface area contributed by atoms with Crippen LogP contribution in [0.1, 0.15) is 24.8 Å². The summed E-state index contributed by atoms with van der Waals surface area (Å²) in [7, 11) is 0. The Morgan fingerprint density at radius 3 is 3.40 bits per heavy atom. The summed E-state index contributed by atoms with van der Waals surface area (Å²) < 4.78 is 1.76. The lowest BCUT2D eigenvalue weighted by Crippen LogP contribution is -2.16. The standard InChI is InChI=1S/C6H9N3O/c10-5-2-1-3-9-6(5)7-4-8-9/h4-5,10H,1-3H2. The molecule has 0 spiro atoms. The van der Waals surface area contributed by atoms with Crippen LogP contribution in [0.25, 0.3) is 0 Å². The molecular weight excluding hydrogens is 130 g/mol. The van der Waals surface area contributed by atoms with E-state index in [1.54, 1.807) is 4.68 Å². The molecule has 1 atom stereocenters. The largest absolute Gasteiger partial charge is 0.385 e. The molecule has 0 amide bonds. The van der Waals surface area contributed by atoms with Crippen LogP contribution in [0.3, 0.4) is 0 Å². The zero-order valence-electron chi connectivity index (χ0n) is 5.56. The minimum Gasteiger partial charge on any atom is -0.385 e. The highest BCUT2D eigenvalue weighted by Gasteiger charge is 2.18. The molecule has 2 heterocycles. The van der Waals surface area contributed by atoms with Gasteiger partial charge >= 0.3 is 0 Å². The van der Waals surface area contributed by atoms with Crippen LogP contribution in [-0.4, -0.2) is 19.9 Å². The van der Waals surface area contributed by atoms with Gasteiger partial charge in [-0.25, -0.2) is 9.67 Å². The minimum absolute atomic E-state index is 0.392. The molecule has 54 valence electrons. The fourth-order valence-corrected chi connectivity index (χ4v) is 1.27. The van der Waals surface area contributed by atoms with Crippen LogP contribution in [0.15, 0.2) is 6.33 Å². The molecule has 1 aliphatic heterocycles. The molecule has 2 rings (SSSR count). The Hall–Kier alpha value is -0.900. The first-order valence-electron chi connectivity index (χ1n) is 3.43. The van der Waals surface area contributed by atoms with Crippen molar-refractivity contribution in [2.45, 2.75) is 25.5 Å². The second-order valence-corrected chi connectivity index (χ2v) is 2.50. The lowest BCUT2D eigenvalue weighted by Gasteiger charge is -2.16. The van der Waals surface area contributed by atoms with E-state index in [0.717, 1.165) is 19.4 Å². The topological polar surface area (TPSA) is 50.9 Å². The van der Waals surface area contributed by atoms with Crippen molar-refractivity contribution in [2.75, 3.05) is 0 Å². The SMILES string of the molecule is OC1CCCn2ncnc21. The van der Waals surface area contributed by atoms with Crippen LogP contribution in [0.4, 0.5) is 0 Å². The number of nitrogens with zero attached hydrogens (tertiary/aromatic N) is 3. The average molecular weight is 139 g/mol. The Kier molecular flexibility index (Phi) is 1.20. The van der Waals surface area contributed by atoms with E-state index in [2.05, 4.69) is 10.1 Å². The van der Waals surface area contributed by atoms with Gasteiger partial charge in [-0.05, 0) is 12.8 Å². The van der Waals surface area contributed by atoms with Crippen molar-refractivity contribution in [1.82, 2.24) is 14.8 Å². The molecule has 0 aromatic carbocycles. The zero-order valence-corrected chi connectivity index (χ0v) is 5.56. The number of hydrogen-bond donors (Lipinski definition) is 1. The summed E-state index contributed by atoms with van der Waals surface area (Å²) in [6.45, 7) is 0.895. The molecular formula is C6H9N3O. The van der Waals surface area contributed by atoms with Crippen LogP contribution >= 0.6 is 0 Å². The normalized spacial score (nSPS) is 24.3. The lowest BCUT2D eigenvalue weighted by atomic mass is 10.1. The van der Waals surface area contributed by atoms with Crippen LogP contribution < -0.4 is 0 Å². The third-order valence-electron chi connectivity index (χ3n) is 1.79. The van der Waals surface area contributed by atoms with Gasteiger partial charge in [0.2, 0.25) is 0 Å².